The maximum absolute atomic E-state index is 5.84. The van der Waals surface area contributed by atoms with Gasteiger partial charge in [-0.05, 0) is 38.8 Å². The van der Waals surface area contributed by atoms with Gasteiger partial charge in [-0.3, -0.25) is 4.90 Å². The summed E-state index contributed by atoms with van der Waals surface area (Å²) in [5, 5.41) is 0. The van der Waals surface area contributed by atoms with Crippen molar-refractivity contribution >= 4 is 0 Å². The summed E-state index contributed by atoms with van der Waals surface area (Å²) in [7, 11) is 0. The lowest BCUT2D eigenvalue weighted by atomic mass is 10.3. The van der Waals surface area contributed by atoms with Crippen LogP contribution in [0.15, 0.2) is 0 Å². The summed E-state index contributed by atoms with van der Waals surface area (Å²) in [5.74, 6) is 6.33. The van der Waals surface area contributed by atoms with E-state index in [-0.39, 0.29) is 5.54 Å². The van der Waals surface area contributed by atoms with Gasteiger partial charge in [0.25, 0.3) is 0 Å². The van der Waals surface area contributed by atoms with Gasteiger partial charge >= 0.3 is 0 Å². The molecular weight excluding hydrogens is 148 g/mol. The molecule has 0 atom stereocenters. The van der Waals surface area contributed by atoms with Crippen molar-refractivity contribution < 1.29 is 0 Å². The molecule has 66 valence electrons. The van der Waals surface area contributed by atoms with E-state index >= 15 is 0 Å². The van der Waals surface area contributed by atoms with Crippen LogP contribution in [0.3, 0.4) is 0 Å². The Labute approximate surface area is 74.1 Å². The van der Waals surface area contributed by atoms with E-state index in [9.17, 15) is 0 Å². The third kappa shape index (κ3) is 2.00. The zero-order valence-corrected chi connectivity index (χ0v) is 7.47. The van der Waals surface area contributed by atoms with Crippen molar-refractivity contribution in [3.63, 3.8) is 0 Å². The first kappa shape index (κ1) is 8.10. The molecular formula is C10H16N2. The first-order valence-corrected chi connectivity index (χ1v) is 4.80. The van der Waals surface area contributed by atoms with E-state index in [4.69, 9.17) is 5.73 Å². The molecule has 1 aliphatic carbocycles. The zero-order chi connectivity index (χ0) is 8.44. The Kier molecular flexibility index (Phi) is 2.08. The predicted molar refractivity (Wildman–Crippen MR) is 49.6 cm³/mol. The van der Waals surface area contributed by atoms with Crippen LogP contribution in [0.25, 0.3) is 0 Å². The molecule has 2 N–H and O–H groups in total. The zero-order valence-electron chi connectivity index (χ0n) is 7.47. The first-order valence-electron chi connectivity index (χ1n) is 4.80. The summed E-state index contributed by atoms with van der Waals surface area (Å²) < 4.78 is 0. The highest BCUT2D eigenvalue weighted by molar-refractivity contribution is 5.25. The Morgan fingerprint density at radius 1 is 1.25 bits per heavy atom. The summed E-state index contributed by atoms with van der Waals surface area (Å²) in [4.78, 5) is 2.40. The average molecular weight is 164 g/mol. The molecule has 2 rings (SSSR count). The summed E-state index contributed by atoms with van der Waals surface area (Å²) in [6, 6.07) is 0. The highest BCUT2D eigenvalue weighted by Crippen LogP contribution is 2.30. The number of hydrogen-bond acceptors (Lipinski definition) is 2. The third-order valence-corrected chi connectivity index (χ3v) is 2.63. The molecule has 1 aliphatic heterocycles. The second-order valence-electron chi connectivity index (χ2n) is 3.94. The molecule has 2 nitrogen and oxygen atoms in total. The molecule has 0 aromatic rings. The monoisotopic (exact) mass is 164 g/mol. The minimum absolute atomic E-state index is 0.0836. The van der Waals surface area contributed by atoms with Gasteiger partial charge in [0.15, 0.2) is 0 Å². The molecule has 0 bridgehead atoms. The highest BCUT2D eigenvalue weighted by Gasteiger charge is 2.36. The Morgan fingerprint density at radius 2 is 1.92 bits per heavy atom. The van der Waals surface area contributed by atoms with Crippen LogP contribution in [0.2, 0.25) is 0 Å². The maximum atomic E-state index is 5.84. The molecule has 12 heavy (non-hydrogen) atoms. The molecule has 0 amide bonds. The quantitative estimate of drug-likeness (QED) is 0.574. The number of nitrogens with two attached hydrogens (primary N) is 1. The summed E-state index contributed by atoms with van der Waals surface area (Å²) >= 11 is 0. The van der Waals surface area contributed by atoms with Gasteiger partial charge in [-0.25, -0.2) is 0 Å². The Balaban J connectivity index is 1.75. The molecule has 1 saturated heterocycles. The van der Waals surface area contributed by atoms with E-state index in [1.165, 1.54) is 25.9 Å². The highest BCUT2D eigenvalue weighted by atomic mass is 15.1. The Hall–Kier alpha value is -0.520. The smallest absolute Gasteiger partial charge is 0.0778 e. The van der Waals surface area contributed by atoms with Crippen molar-refractivity contribution in [1.82, 2.24) is 4.90 Å². The van der Waals surface area contributed by atoms with Crippen LogP contribution in [-0.2, 0) is 0 Å². The van der Waals surface area contributed by atoms with Crippen molar-refractivity contribution in [2.24, 2.45) is 5.73 Å². The van der Waals surface area contributed by atoms with Crippen molar-refractivity contribution in [3.8, 4) is 11.8 Å². The van der Waals surface area contributed by atoms with E-state index in [1.807, 2.05) is 0 Å². The van der Waals surface area contributed by atoms with Gasteiger partial charge in [-0.2, -0.15) is 0 Å². The largest absolute Gasteiger partial charge is 0.315 e. The van der Waals surface area contributed by atoms with Gasteiger partial charge in [0.1, 0.15) is 0 Å². The van der Waals surface area contributed by atoms with Crippen LogP contribution in [0.1, 0.15) is 25.7 Å². The van der Waals surface area contributed by atoms with Crippen molar-refractivity contribution in [2.45, 2.75) is 31.2 Å². The minimum atomic E-state index is -0.0836. The molecule has 0 spiro atoms. The summed E-state index contributed by atoms with van der Waals surface area (Å²) in [5.41, 5.74) is 5.76. The fraction of sp³-hybridized carbons (Fsp3) is 0.800. The molecule has 1 heterocycles. The molecule has 0 aromatic carbocycles. The fourth-order valence-corrected chi connectivity index (χ4v) is 1.53. The van der Waals surface area contributed by atoms with Gasteiger partial charge in [0, 0.05) is 0 Å². The van der Waals surface area contributed by atoms with Crippen molar-refractivity contribution in [1.29, 1.82) is 0 Å². The molecule has 0 unspecified atom stereocenters. The molecule has 0 aromatic heterocycles. The number of likely N-dealkylation sites (tertiary alicyclic amines) is 1. The van der Waals surface area contributed by atoms with E-state index < -0.39 is 0 Å². The molecule has 0 radical (unpaired) electrons. The minimum Gasteiger partial charge on any atom is -0.315 e. The van der Waals surface area contributed by atoms with Gasteiger partial charge in [0.2, 0.25) is 0 Å². The normalized spacial score (nSPS) is 26.4. The van der Waals surface area contributed by atoms with Gasteiger partial charge in [-0.15, -0.1) is 0 Å². The Morgan fingerprint density at radius 3 is 2.50 bits per heavy atom. The van der Waals surface area contributed by atoms with Gasteiger partial charge < -0.3 is 5.73 Å². The molecule has 2 heteroatoms. The van der Waals surface area contributed by atoms with E-state index in [2.05, 4.69) is 16.7 Å². The number of rotatable bonds is 1. The Bertz CT molecular complexity index is 214. The third-order valence-electron chi connectivity index (χ3n) is 2.63. The first-order chi connectivity index (χ1) is 5.79. The van der Waals surface area contributed by atoms with Crippen LogP contribution in [-0.4, -0.2) is 30.1 Å². The molecule has 2 aliphatic rings. The van der Waals surface area contributed by atoms with Crippen LogP contribution in [0.4, 0.5) is 0 Å². The van der Waals surface area contributed by atoms with Crippen LogP contribution >= 0.6 is 0 Å². The van der Waals surface area contributed by atoms with Gasteiger partial charge in [-0.1, -0.05) is 11.8 Å². The van der Waals surface area contributed by atoms with Crippen molar-refractivity contribution in [2.75, 3.05) is 19.6 Å². The lowest BCUT2D eigenvalue weighted by Gasteiger charge is -2.08. The van der Waals surface area contributed by atoms with Gasteiger partial charge in [0.05, 0.1) is 12.1 Å². The standard InChI is InChI=1S/C10H16N2/c11-10(5-6-10)4-3-9-12-7-1-2-8-12/h1-2,5-9,11H2. The SMILES string of the molecule is NC1(C#CCN2CCCC2)CC1. The van der Waals surface area contributed by atoms with Crippen LogP contribution < -0.4 is 5.73 Å². The van der Waals surface area contributed by atoms with Crippen LogP contribution in [0.5, 0.6) is 0 Å². The second kappa shape index (κ2) is 3.08. The van der Waals surface area contributed by atoms with Crippen molar-refractivity contribution in [3.05, 3.63) is 0 Å². The lowest BCUT2D eigenvalue weighted by molar-refractivity contribution is 0.383. The predicted octanol–water partition coefficient (Wildman–Crippen LogP) is 0.577. The average Bonchev–Trinajstić information content (AvgIpc) is 2.61. The summed E-state index contributed by atoms with van der Waals surface area (Å²) in [6.07, 6.45) is 4.88. The fourth-order valence-electron chi connectivity index (χ4n) is 1.53. The van der Waals surface area contributed by atoms with E-state index in [0.717, 1.165) is 19.4 Å². The number of nitrogens with zero attached hydrogens (tertiary/aromatic N) is 1. The topological polar surface area (TPSA) is 29.3 Å². The van der Waals surface area contributed by atoms with Crippen LogP contribution in [0, 0.1) is 11.8 Å². The van der Waals surface area contributed by atoms with E-state index in [0.29, 0.717) is 0 Å². The van der Waals surface area contributed by atoms with E-state index in [1.54, 1.807) is 0 Å². The maximum Gasteiger partial charge on any atom is 0.0778 e. The summed E-state index contributed by atoms with van der Waals surface area (Å²) in [6.45, 7) is 3.39. The molecule has 2 fully saturated rings. The lowest BCUT2D eigenvalue weighted by Crippen LogP contribution is -2.22. The second-order valence-corrected chi connectivity index (χ2v) is 3.94. The molecule has 1 saturated carbocycles. The number of hydrogen-bond donors (Lipinski definition) is 1.